The number of Topliss-reactive ketones (excluding diaryl/α,β-unsaturated/α-hetero) is 2. The van der Waals surface area contributed by atoms with Crippen LogP contribution in [0.3, 0.4) is 0 Å². The Hall–Kier alpha value is -1.55. The first kappa shape index (κ1) is 12.5. The number of hydrogen-bond acceptors (Lipinski definition) is 4. The average Bonchev–Trinajstić information content (AvgIpc) is 2.27. The summed E-state index contributed by atoms with van der Waals surface area (Å²) in [4.78, 5) is 26.5. The lowest BCUT2D eigenvalue weighted by Gasteiger charge is -2.11. The maximum absolute atomic E-state index is 11.3. The van der Waals surface area contributed by atoms with E-state index in [0.717, 1.165) is 5.56 Å². The largest absolute Gasteiger partial charge is 0.377 e. The van der Waals surface area contributed by atoms with Gasteiger partial charge in [-0.15, -0.1) is 0 Å². The number of nitrogens with zero attached hydrogens (tertiary/aromatic N) is 1. The molecule has 86 valence electrons. The summed E-state index contributed by atoms with van der Waals surface area (Å²) >= 11 is 0. The van der Waals surface area contributed by atoms with Crippen LogP contribution in [0.15, 0.2) is 12.1 Å². The molecule has 1 unspecified atom stereocenters. The molecule has 0 aliphatic heterocycles. The molecule has 16 heavy (non-hydrogen) atoms. The molecule has 1 aromatic rings. The molecule has 1 atom stereocenters. The molecule has 1 heterocycles. The Morgan fingerprint density at radius 3 is 1.94 bits per heavy atom. The second kappa shape index (κ2) is 4.99. The van der Waals surface area contributed by atoms with Gasteiger partial charge in [0.1, 0.15) is 11.4 Å². The van der Waals surface area contributed by atoms with Crippen LogP contribution in [0, 0.1) is 0 Å². The number of methoxy groups -OCH3 is 1. The number of aromatic nitrogens is 1. The molecule has 0 radical (unpaired) electrons. The second-order valence-corrected chi connectivity index (χ2v) is 3.66. The Bertz CT molecular complexity index is 394. The van der Waals surface area contributed by atoms with Crippen molar-refractivity contribution in [3.05, 3.63) is 29.1 Å². The topological polar surface area (TPSA) is 56.3 Å². The van der Waals surface area contributed by atoms with E-state index in [4.69, 9.17) is 4.74 Å². The number of ketones is 2. The zero-order chi connectivity index (χ0) is 12.3. The lowest BCUT2D eigenvalue weighted by atomic mass is 10.1. The Labute approximate surface area is 94.6 Å². The predicted molar refractivity (Wildman–Crippen MR) is 59.7 cm³/mol. The van der Waals surface area contributed by atoms with Crippen LogP contribution in [0.25, 0.3) is 0 Å². The molecule has 4 heteroatoms. The maximum atomic E-state index is 11.3. The molecule has 0 amide bonds. The first-order chi connectivity index (χ1) is 7.45. The molecule has 4 nitrogen and oxygen atoms in total. The lowest BCUT2D eigenvalue weighted by Crippen LogP contribution is -2.08. The summed E-state index contributed by atoms with van der Waals surface area (Å²) < 4.78 is 5.16. The van der Waals surface area contributed by atoms with E-state index in [1.54, 1.807) is 19.2 Å². The molecule has 0 aromatic carbocycles. The maximum Gasteiger partial charge on any atom is 0.178 e. The molecular formula is C12H15NO3. The van der Waals surface area contributed by atoms with Crippen LogP contribution in [0.4, 0.5) is 0 Å². The quantitative estimate of drug-likeness (QED) is 0.731. The zero-order valence-corrected chi connectivity index (χ0v) is 9.90. The third-order valence-electron chi connectivity index (χ3n) is 2.39. The van der Waals surface area contributed by atoms with Crippen molar-refractivity contribution in [3.63, 3.8) is 0 Å². The zero-order valence-electron chi connectivity index (χ0n) is 9.90. The SMILES string of the molecule is COC(C)c1cc(C(C)=O)nc(C(C)=O)c1. The van der Waals surface area contributed by atoms with Gasteiger partial charge < -0.3 is 4.74 Å². The van der Waals surface area contributed by atoms with E-state index in [-0.39, 0.29) is 17.7 Å². The summed E-state index contributed by atoms with van der Waals surface area (Å²) in [5, 5.41) is 0. The number of ether oxygens (including phenoxy) is 1. The van der Waals surface area contributed by atoms with E-state index in [0.29, 0.717) is 11.4 Å². The smallest absolute Gasteiger partial charge is 0.178 e. The van der Waals surface area contributed by atoms with E-state index in [1.807, 2.05) is 6.92 Å². The van der Waals surface area contributed by atoms with Crippen molar-refractivity contribution in [2.75, 3.05) is 7.11 Å². The van der Waals surface area contributed by atoms with E-state index < -0.39 is 0 Å². The molecule has 0 N–H and O–H groups in total. The number of carbonyl (C=O) groups excluding carboxylic acids is 2. The molecule has 0 saturated carbocycles. The van der Waals surface area contributed by atoms with Gasteiger partial charge in [0.2, 0.25) is 0 Å². The van der Waals surface area contributed by atoms with E-state index in [2.05, 4.69) is 4.98 Å². The molecule has 0 aliphatic carbocycles. The van der Waals surface area contributed by atoms with Crippen LogP contribution in [-0.4, -0.2) is 23.7 Å². The third-order valence-corrected chi connectivity index (χ3v) is 2.39. The van der Waals surface area contributed by atoms with Crippen molar-refractivity contribution in [1.82, 2.24) is 4.98 Å². The molecular weight excluding hydrogens is 206 g/mol. The third kappa shape index (κ3) is 2.73. The summed E-state index contributed by atoms with van der Waals surface area (Å²) in [6, 6.07) is 3.31. The van der Waals surface area contributed by atoms with Crippen molar-refractivity contribution in [1.29, 1.82) is 0 Å². The Morgan fingerprint density at radius 2 is 1.62 bits per heavy atom. The summed E-state index contributed by atoms with van der Waals surface area (Å²) in [5.74, 6) is -0.319. The monoisotopic (exact) mass is 221 g/mol. The first-order valence-electron chi connectivity index (χ1n) is 5.02. The number of hydrogen-bond donors (Lipinski definition) is 0. The summed E-state index contributed by atoms with van der Waals surface area (Å²) in [5.41, 5.74) is 1.38. The Morgan fingerprint density at radius 1 is 1.19 bits per heavy atom. The van der Waals surface area contributed by atoms with Gasteiger partial charge in [0, 0.05) is 21.0 Å². The minimum absolute atomic E-state index is 0.160. The standard InChI is InChI=1S/C12H15NO3/c1-7(14)11-5-10(9(3)16-4)6-12(13-11)8(2)15/h5-6,9H,1-4H3. The van der Waals surface area contributed by atoms with Crippen molar-refractivity contribution >= 4 is 11.6 Å². The molecule has 0 fully saturated rings. The highest BCUT2D eigenvalue weighted by Crippen LogP contribution is 2.18. The second-order valence-electron chi connectivity index (χ2n) is 3.66. The molecule has 0 spiro atoms. The predicted octanol–water partition coefficient (Wildman–Crippen LogP) is 2.19. The van der Waals surface area contributed by atoms with Crippen LogP contribution >= 0.6 is 0 Å². The van der Waals surface area contributed by atoms with Crippen LogP contribution in [0.5, 0.6) is 0 Å². The molecule has 1 rings (SSSR count). The van der Waals surface area contributed by atoms with Crippen molar-refractivity contribution < 1.29 is 14.3 Å². The normalized spacial score (nSPS) is 12.2. The Kier molecular flexibility index (Phi) is 3.90. The highest BCUT2D eigenvalue weighted by molar-refractivity contribution is 5.96. The lowest BCUT2D eigenvalue weighted by molar-refractivity contribution is 0.100. The van der Waals surface area contributed by atoms with Gasteiger partial charge in [-0.05, 0) is 24.6 Å². The van der Waals surface area contributed by atoms with Gasteiger partial charge in [-0.25, -0.2) is 4.98 Å². The summed E-state index contributed by atoms with van der Waals surface area (Å²) in [6.07, 6.45) is -0.167. The van der Waals surface area contributed by atoms with Gasteiger partial charge in [0.25, 0.3) is 0 Å². The van der Waals surface area contributed by atoms with E-state index in [1.165, 1.54) is 13.8 Å². The summed E-state index contributed by atoms with van der Waals surface area (Å²) in [7, 11) is 1.58. The van der Waals surface area contributed by atoms with Gasteiger partial charge in [-0.2, -0.15) is 0 Å². The van der Waals surface area contributed by atoms with Crippen molar-refractivity contribution in [2.24, 2.45) is 0 Å². The van der Waals surface area contributed by atoms with Crippen LogP contribution < -0.4 is 0 Å². The first-order valence-corrected chi connectivity index (χ1v) is 5.02. The molecule has 0 saturated heterocycles. The highest BCUT2D eigenvalue weighted by atomic mass is 16.5. The highest BCUT2D eigenvalue weighted by Gasteiger charge is 2.13. The molecule has 1 aromatic heterocycles. The van der Waals surface area contributed by atoms with Crippen LogP contribution in [0.1, 0.15) is 53.4 Å². The fourth-order valence-corrected chi connectivity index (χ4v) is 1.28. The Balaban J connectivity index is 3.29. The fraction of sp³-hybridized carbons (Fsp3) is 0.417. The van der Waals surface area contributed by atoms with E-state index in [9.17, 15) is 9.59 Å². The molecule has 0 bridgehead atoms. The minimum Gasteiger partial charge on any atom is -0.377 e. The van der Waals surface area contributed by atoms with Crippen molar-refractivity contribution in [2.45, 2.75) is 26.9 Å². The van der Waals surface area contributed by atoms with Gasteiger partial charge >= 0.3 is 0 Å². The summed E-state index contributed by atoms with van der Waals surface area (Å²) in [6.45, 7) is 4.70. The van der Waals surface area contributed by atoms with Crippen LogP contribution in [0.2, 0.25) is 0 Å². The van der Waals surface area contributed by atoms with Gasteiger partial charge in [-0.3, -0.25) is 9.59 Å². The number of pyridine rings is 1. The molecule has 0 aliphatic rings. The average molecular weight is 221 g/mol. The number of carbonyl (C=O) groups is 2. The number of rotatable bonds is 4. The van der Waals surface area contributed by atoms with Gasteiger partial charge in [0.15, 0.2) is 11.6 Å². The van der Waals surface area contributed by atoms with E-state index >= 15 is 0 Å². The van der Waals surface area contributed by atoms with Gasteiger partial charge in [-0.1, -0.05) is 0 Å². The minimum atomic E-state index is -0.167. The van der Waals surface area contributed by atoms with Crippen molar-refractivity contribution in [3.8, 4) is 0 Å². The van der Waals surface area contributed by atoms with Crippen LogP contribution in [-0.2, 0) is 4.74 Å². The van der Waals surface area contributed by atoms with Gasteiger partial charge in [0.05, 0.1) is 6.10 Å². The fourth-order valence-electron chi connectivity index (χ4n) is 1.28.